The Balaban J connectivity index is 1.64. The standard InChI is InChI=1S/C16H21BrN2O/c1-10(11-4-2-6-13(17)8-11)19-16(20)15-14-7-3-5-12(14)9-18-15/h2,4,6,8,10,12,14-15,18H,3,5,7,9H2,1H3,(H,19,20). The molecule has 4 unspecified atom stereocenters. The fourth-order valence-corrected chi connectivity index (χ4v) is 4.05. The quantitative estimate of drug-likeness (QED) is 0.890. The van der Waals surface area contributed by atoms with Gasteiger partial charge in [-0.05, 0) is 55.8 Å². The van der Waals surface area contributed by atoms with Gasteiger partial charge in [-0.15, -0.1) is 0 Å². The normalized spacial score (nSPS) is 30.0. The van der Waals surface area contributed by atoms with Crippen LogP contribution in [0.4, 0.5) is 0 Å². The van der Waals surface area contributed by atoms with E-state index in [2.05, 4.69) is 38.7 Å². The number of halogens is 1. The third-order valence-electron chi connectivity index (χ3n) is 4.74. The molecule has 3 nitrogen and oxygen atoms in total. The molecule has 4 heteroatoms. The smallest absolute Gasteiger partial charge is 0.237 e. The summed E-state index contributed by atoms with van der Waals surface area (Å²) in [7, 11) is 0. The van der Waals surface area contributed by atoms with E-state index in [0.717, 1.165) is 16.6 Å². The van der Waals surface area contributed by atoms with Crippen molar-refractivity contribution in [3.05, 3.63) is 34.3 Å². The highest BCUT2D eigenvalue weighted by Gasteiger charge is 2.42. The summed E-state index contributed by atoms with van der Waals surface area (Å²) in [6.45, 7) is 3.05. The lowest BCUT2D eigenvalue weighted by Gasteiger charge is -2.21. The SMILES string of the molecule is CC(NC(=O)C1NCC2CCCC21)c1cccc(Br)c1. The first-order valence-corrected chi connectivity index (χ1v) is 8.23. The number of rotatable bonds is 3. The molecule has 1 saturated carbocycles. The largest absolute Gasteiger partial charge is 0.348 e. The second-order valence-corrected chi connectivity index (χ2v) is 6.94. The topological polar surface area (TPSA) is 41.1 Å². The molecule has 1 heterocycles. The third kappa shape index (κ3) is 2.77. The molecule has 3 rings (SSSR count). The van der Waals surface area contributed by atoms with E-state index in [9.17, 15) is 4.79 Å². The number of carbonyl (C=O) groups excluding carboxylic acids is 1. The molecule has 1 saturated heterocycles. The number of benzene rings is 1. The molecule has 20 heavy (non-hydrogen) atoms. The van der Waals surface area contributed by atoms with E-state index in [1.807, 2.05) is 19.1 Å². The van der Waals surface area contributed by atoms with Crippen molar-refractivity contribution in [1.82, 2.24) is 10.6 Å². The minimum absolute atomic E-state index is 0.0112. The monoisotopic (exact) mass is 336 g/mol. The van der Waals surface area contributed by atoms with Crippen LogP contribution in [-0.2, 0) is 4.79 Å². The maximum atomic E-state index is 12.5. The van der Waals surface area contributed by atoms with E-state index < -0.39 is 0 Å². The van der Waals surface area contributed by atoms with Crippen molar-refractivity contribution in [3.8, 4) is 0 Å². The predicted octanol–water partition coefficient (Wildman–Crippen LogP) is 3.01. The summed E-state index contributed by atoms with van der Waals surface area (Å²) in [6.07, 6.45) is 3.76. The maximum absolute atomic E-state index is 12.5. The van der Waals surface area contributed by atoms with Crippen LogP contribution in [0, 0.1) is 11.8 Å². The molecule has 2 N–H and O–H groups in total. The van der Waals surface area contributed by atoms with Gasteiger partial charge in [-0.1, -0.05) is 34.5 Å². The summed E-state index contributed by atoms with van der Waals surface area (Å²) in [5, 5.41) is 6.56. The molecule has 0 radical (unpaired) electrons. The molecule has 1 amide bonds. The van der Waals surface area contributed by atoms with E-state index in [0.29, 0.717) is 11.8 Å². The van der Waals surface area contributed by atoms with Crippen molar-refractivity contribution >= 4 is 21.8 Å². The zero-order valence-electron chi connectivity index (χ0n) is 11.7. The van der Waals surface area contributed by atoms with Crippen molar-refractivity contribution in [2.24, 2.45) is 11.8 Å². The minimum Gasteiger partial charge on any atom is -0.348 e. The van der Waals surface area contributed by atoms with Gasteiger partial charge >= 0.3 is 0 Å². The fourth-order valence-electron chi connectivity index (χ4n) is 3.64. The van der Waals surface area contributed by atoms with Crippen LogP contribution in [0.2, 0.25) is 0 Å². The lowest BCUT2D eigenvalue weighted by molar-refractivity contribution is -0.124. The molecule has 108 valence electrons. The highest BCUT2D eigenvalue weighted by molar-refractivity contribution is 9.10. The van der Waals surface area contributed by atoms with Crippen LogP contribution in [-0.4, -0.2) is 18.5 Å². The zero-order valence-corrected chi connectivity index (χ0v) is 13.3. The van der Waals surface area contributed by atoms with Crippen LogP contribution in [0.15, 0.2) is 28.7 Å². The predicted molar refractivity (Wildman–Crippen MR) is 83.3 cm³/mol. The van der Waals surface area contributed by atoms with Crippen LogP contribution < -0.4 is 10.6 Å². The molecule has 4 atom stereocenters. The van der Waals surface area contributed by atoms with Gasteiger partial charge in [0, 0.05) is 4.47 Å². The maximum Gasteiger partial charge on any atom is 0.237 e. The Morgan fingerprint density at radius 3 is 3.10 bits per heavy atom. The van der Waals surface area contributed by atoms with Gasteiger partial charge in [0.1, 0.15) is 0 Å². The molecule has 0 aromatic heterocycles. The summed E-state index contributed by atoms with van der Waals surface area (Å²) in [5.74, 6) is 1.42. The molecule has 1 aliphatic carbocycles. The number of hydrogen-bond donors (Lipinski definition) is 2. The zero-order chi connectivity index (χ0) is 14.1. The van der Waals surface area contributed by atoms with E-state index in [1.165, 1.54) is 19.3 Å². The average molecular weight is 337 g/mol. The second kappa shape index (κ2) is 5.86. The average Bonchev–Trinajstić information content (AvgIpc) is 3.00. The molecule has 1 aromatic carbocycles. The summed E-state index contributed by atoms with van der Waals surface area (Å²) in [5.41, 5.74) is 1.13. The summed E-state index contributed by atoms with van der Waals surface area (Å²) < 4.78 is 1.05. The van der Waals surface area contributed by atoms with E-state index in [-0.39, 0.29) is 18.0 Å². The van der Waals surface area contributed by atoms with Crippen LogP contribution >= 0.6 is 15.9 Å². The Morgan fingerprint density at radius 2 is 2.30 bits per heavy atom. The number of fused-ring (bicyclic) bond motifs is 1. The molecule has 1 aliphatic heterocycles. The minimum atomic E-state index is 0.0112. The summed E-state index contributed by atoms with van der Waals surface area (Å²) in [6, 6.07) is 8.17. The van der Waals surface area contributed by atoms with Gasteiger partial charge in [0.2, 0.25) is 5.91 Å². The van der Waals surface area contributed by atoms with E-state index >= 15 is 0 Å². The van der Waals surface area contributed by atoms with Crippen LogP contribution in [0.3, 0.4) is 0 Å². The molecular formula is C16H21BrN2O. The van der Waals surface area contributed by atoms with Crippen molar-refractivity contribution in [1.29, 1.82) is 0 Å². The number of nitrogens with one attached hydrogen (secondary N) is 2. The Labute approximate surface area is 128 Å². The van der Waals surface area contributed by atoms with E-state index in [1.54, 1.807) is 0 Å². The van der Waals surface area contributed by atoms with Gasteiger partial charge in [0.25, 0.3) is 0 Å². The molecule has 0 spiro atoms. The summed E-state index contributed by atoms with van der Waals surface area (Å²) >= 11 is 3.47. The van der Waals surface area contributed by atoms with Crippen molar-refractivity contribution in [2.75, 3.05) is 6.54 Å². The molecular weight excluding hydrogens is 316 g/mol. The van der Waals surface area contributed by atoms with Gasteiger partial charge in [-0.25, -0.2) is 0 Å². The van der Waals surface area contributed by atoms with Crippen LogP contribution in [0.25, 0.3) is 0 Å². The number of carbonyl (C=O) groups is 1. The highest BCUT2D eigenvalue weighted by atomic mass is 79.9. The Hall–Kier alpha value is -0.870. The van der Waals surface area contributed by atoms with Gasteiger partial charge < -0.3 is 10.6 Å². The third-order valence-corrected chi connectivity index (χ3v) is 5.23. The van der Waals surface area contributed by atoms with Crippen molar-refractivity contribution < 1.29 is 4.79 Å². The lowest BCUT2D eigenvalue weighted by atomic mass is 9.93. The van der Waals surface area contributed by atoms with Gasteiger partial charge in [-0.2, -0.15) is 0 Å². The lowest BCUT2D eigenvalue weighted by Crippen LogP contribution is -2.44. The highest BCUT2D eigenvalue weighted by Crippen LogP contribution is 2.37. The number of hydrogen-bond acceptors (Lipinski definition) is 2. The van der Waals surface area contributed by atoms with Crippen molar-refractivity contribution in [2.45, 2.75) is 38.3 Å². The first kappa shape index (κ1) is 14.1. The Kier molecular flexibility index (Phi) is 4.13. The molecule has 2 fully saturated rings. The second-order valence-electron chi connectivity index (χ2n) is 6.03. The fraction of sp³-hybridized carbons (Fsp3) is 0.562. The van der Waals surface area contributed by atoms with E-state index in [4.69, 9.17) is 0 Å². The van der Waals surface area contributed by atoms with Gasteiger partial charge in [0.15, 0.2) is 0 Å². The molecule has 0 bridgehead atoms. The van der Waals surface area contributed by atoms with Crippen LogP contribution in [0.5, 0.6) is 0 Å². The Bertz CT molecular complexity index is 505. The first-order chi connectivity index (χ1) is 9.65. The Morgan fingerprint density at radius 1 is 1.45 bits per heavy atom. The molecule has 2 aliphatic rings. The van der Waals surface area contributed by atoms with Gasteiger partial charge in [0.05, 0.1) is 12.1 Å². The first-order valence-electron chi connectivity index (χ1n) is 7.44. The van der Waals surface area contributed by atoms with Crippen molar-refractivity contribution in [3.63, 3.8) is 0 Å². The summed E-state index contributed by atoms with van der Waals surface area (Å²) in [4.78, 5) is 12.5. The molecule has 1 aromatic rings. The van der Waals surface area contributed by atoms with Gasteiger partial charge in [-0.3, -0.25) is 4.79 Å². The number of amides is 1. The van der Waals surface area contributed by atoms with Crippen LogP contribution in [0.1, 0.15) is 37.8 Å².